The minimum Gasteiger partial charge on any atom is -0.436 e. The highest BCUT2D eigenvalue weighted by Gasteiger charge is 2.11. The normalized spacial score (nSPS) is 10.6. The second kappa shape index (κ2) is 7.36. The van der Waals surface area contributed by atoms with Crippen molar-refractivity contribution in [1.82, 2.24) is 4.98 Å². The number of benzene rings is 3. The standard InChI is InChI=1S/C22H16N2O4/c1-14(25)27-18-10-7-15(8-11-18)21(26)23-17-9-12-19-20(13-17)28-22(24-19)16-5-3-2-4-6-16/h2-13H,1H3,(H,23,26). The van der Waals surface area contributed by atoms with Crippen molar-refractivity contribution in [2.75, 3.05) is 5.32 Å². The molecule has 1 heterocycles. The quantitative estimate of drug-likeness (QED) is 0.416. The van der Waals surface area contributed by atoms with Crippen LogP contribution in [0.1, 0.15) is 17.3 Å². The van der Waals surface area contributed by atoms with Gasteiger partial charge in [0, 0.05) is 29.8 Å². The Balaban J connectivity index is 1.53. The summed E-state index contributed by atoms with van der Waals surface area (Å²) >= 11 is 0. The van der Waals surface area contributed by atoms with Crippen molar-refractivity contribution >= 4 is 28.7 Å². The molecule has 0 bridgehead atoms. The number of nitrogens with zero attached hydrogens (tertiary/aromatic N) is 1. The average molecular weight is 372 g/mol. The third kappa shape index (κ3) is 3.76. The van der Waals surface area contributed by atoms with Gasteiger partial charge in [-0.3, -0.25) is 9.59 Å². The molecule has 0 radical (unpaired) electrons. The lowest BCUT2D eigenvalue weighted by atomic mass is 10.2. The number of amides is 1. The van der Waals surface area contributed by atoms with Gasteiger partial charge in [-0.1, -0.05) is 18.2 Å². The summed E-state index contributed by atoms with van der Waals surface area (Å²) in [6.07, 6.45) is 0. The van der Waals surface area contributed by atoms with Crippen LogP contribution in [-0.4, -0.2) is 16.9 Å². The molecule has 4 aromatic rings. The van der Waals surface area contributed by atoms with Crippen molar-refractivity contribution in [3.05, 3.63) is 78.4 Å². The van der Waals surface area contributed by atoms with Crippen LogP contribution >= 0.6 is 0 Å². The number of hydrogen-bond donors (Lipinski definition) is 1. The van der Waals surface area contributed by atoms with Crippen molar-refractivity contribution in [3.63, 3.8) is 0 Å². The summed E-state index contributed by atoms with van der Waals surface area (Å²) in [5, 5.41) is 2.83. The smallest absolute Gasteiger partial charge is 0.308 e. The molecule has 0 spiro atoms. The van der Waals surface area contributed by atoms with E-state index in [0.717, 1.165) is 5.56 Å². The van der Waals surface area contributed by atoms with Gasteiger partial charge >= 0.3 is 5.97 Å². The maximum absolute atomic E-state index is 12.4. The highest BCUT2D eigenvalue weighted by atomic mass is 16.5. The van der Waals surface area contributed by atoms with E-state index in [2.05, 4.69) is 10.3 Å². The van der Waals surface area contributed by atoms with E-state index in [0.29, 0.717) is 34.0 Å². The molecule has 1 aromatic heterocycles. The second-order valence-electron chi connectivity index (χ2n) is 6.14. The monoisotopic (exact) mass is 372 g/mol. The molecule has 1 amide bonds. The van der Waals surface area contributed by atoms with E-state index >= 15 is 0 Å². The molecule has 28 heavy (non-hydrogen) atoms. The highest BCUT2D eigenvalue weighted by Crippen LogP contribution is 2.26. The zero-order valence-electron chi connectivity index (χ0n) is 15.0. The number of carbonyl (C=O) groups is 2. The predicted molar refractivity (Wildman–Crippen MR) is 105 cm³/mol. The summed E-state index contributed by atoms with van der Waals surface area (Å²) in [7, 11) is 0. The van der Waals surface area contributed by atoms with Crippen LogP contribution in [0.4, 0.5) is 5.69 Å². The molecule has 0 saturated heterocycles. The van der Waals surface area contributed by atoms with Crippen molar-refractivity contribution in [3.8, 4) is 17.2 Å². The number of rotatable bonds is 4. The van der Waals surface area contributed by atoms with Gasteiger partial charge in [0.25, 0.3) is 5.91 Å². The fourth-order valence-electron chi connectivity index (χ4n) is 2.75. The Bertz CT molecular complexity index is 1150. The number of aromatic nitrogens is 1. The summed E-state index contributed by atoms with van der Waals surface area (Å²) in [4.78, 5) is 27.9. The van der Waals surface area contributed by atoms with E-state index in [1.165, 1.54) is 6.92 Å². The molecule has 4 rings (SSSR count). The molecule has 0 fully saturated rings. The lowest BCUT2D eigenvalue weighted by Crippen LogP contribution is -2.11. The Morgan fingerprint density at radius 3 is 2.43 bits per heavy atom. The van der Waals surface area contributed by atoms with Gasteiger partial charge in [-0.2, -0.15) is 0 Å². The Morgan fingerprint density at radius 2 is 1.71 bits per heavy atom. The summed E-state index contributed by atoms with van der Waals surface area (Å²) in [6, 6.07) is 21.2. The zero-order chi connectivity index (χ0) is 19.5. The third-order valence-corrected chi connectivity index (χ3v) is 4.05. The number of nitrogens with one attached hydrogen (secondary N) is 1. The SMILES string of the molecule is CC(=O)Oc1ccc(C(=O)Nc2ccc3nc(-c4ccccc4)oc3c2)cc1. The fourth-order valence-corrected chi connectivity index (χ4v) is 2.75. The van der Waals surface area contributed by atoms with Crippen LogP contribution in [0.25, 0.3) is 22.6 Å². The third-order valence-electron chi connectivity index (χ3n) is 4.05. The van der Waals surface area contributed by atoms with Crippen LogP contribution in [0, 0.1) is 0 Å². The Morgan fingerprint density at radius 1 is 0.964 bits per heavy atom. The molecule has 3 aromatic carbocycles. The van der Waals surface area contributed by atoms with Crippen molar-refractivity contribution < 1.29 is 18.7 Å². The molecule has 1 N–H and O–H groups in total. The molecule has 138 valence electrons. The lowest BCUT2D eigenvalue weighted by molar-refractivity contribution is -0.131. The van der Waals surface area contributed by atoms with Gasteiger partial charge < -0.3 is 14.5 Å². The first-order valence-corrected chi connectivity index (χ1v) is 8.64. The number of fused-ring (bicyclic) bond motifs is 1. The zero-order valence-corrected chi connectivity index (χ0v) is 15.0. The van der Waals surface area contributed by atoms with Gasteiger partial charge in [0.05, 0.1) is 0 Å². The van der Waals surface area contributed by atoms with Gasteiger partial charge in [-0.25, -0.2) is 4.98 Å². The molecule has 6 nitrogen and oxygen atoms in total. The molecular formula is C22H16N2O4. The first-order valence-electron chi connectivity index (χ1n) is 8.64. The first kappa shape index (κ1) is 17.5. The number of oxazole rings is 1. The van der Waals surface area contributed by atoms with Crippen LogP contribution in [0.15, 0.2) is 77.2 Å². The van der Waals surface area contributed by atoms with Gasteiger partial charge in [-0.15, -0.1) is 0 Å². The molecule has 0 aliphatic heterocycles. The summed E-state index contributed by atoms with van der Waals surface area (Å²) < 4.78 is 10.8. The van der Waals surface area contributed by atoms with Crippen LogP contribution in [-0.2, 0) is 4.79 Å². The maximum atomic E-state index is 12.4. The van der Waals surface area contributed by atoms with E-state index in [1.54, 1.807) is 42.5 Å². The van der Waals surface area contributed by atoms with Crippen molar-refractivity contribution in [2.24, 2.45) is 0 Å². The van der Waals surface area contributed by atoms with E-state index in [4.69, 9.17) is 9.15 Å². The van der Waals surface area contributed by atoms with Crippen LogP contribution in [0.3, 0.4) is 0 Å². The predicted octanol–water partition coefficient (Wildman–Crippen LogP) is 4.67. The minimum atomic E-state index is -0.410. The highest BCUT2D eigenvalue weighted by molar-refractivity contribution is 6.05. The van der Waals surface area contributed by atoms with E-state index in [-0.39, 0.29) is 5.91 Å². The van der Waals surface area contributed by atoms with E-state index in [9.17, 15) is 9.59 Å². The van der Waals surface area contributed by atoms with Gasteiger partial charge in [0.2, 0.25) is 5.89 Å². The molecule has 0 aliphatic rings. The number of hydrogen-bond acceptors (Lipinski definition) is 5. The van der Waals surface area contributed by atoms with Gasteiger partial charge in [0.15, 0.2) is 5.58 Å². The molecule has 0 saturated carbocycles. The van der Waals surface area contributed by atoms with Crippen molar-refractivity contribution in [2.45, 2.75) is 6.92 Å². The molecule has 0 aliphatic carbocycles. The molecule has 0 unspecified atom stereocenters. The van der Waals surface area contributed by atoms with E-state index < -0.39 is 5.97 Å². The van der Waals surface area contributed by atoms with E-state index in [1.807, 2.05) is 30.3 Å². The maximum Gasteiger partial charge on any atom is 0.308 e. The average Bonchev–Trinajstić information content (AvgIpc) is 3.12. The molecular weight excluding hydrogens is 356 g/mol. The first-order chi connectivity index (χ1) is 13.6. The summed E-state index contributed by atoms with van der Waals surface area (Å²) in [5.74, 6) is 0.227. The van der Waals surface area contributed by atoms with Gasteiger partial charge in [-0.05, 0) is 48.5 Å². The summed E-state index contributed by atoms with van der Waals surface area (Å²) in [5.41, 5.74) is 3.22. The number of esters is 1. The molecule has 0 atom stereocenters. The minimum absolute atomic E-state index is 0.281. The Kier molecular flexibility index (Phi) is 4.60. The lowest BCUT2D eigenvalue weighted by Gasteiger charge is -2.06. The summed E-state index contributed by atoms with van der Waals surface area (Å²) in [6.45, 7) is 1.32. The van der Waals surface area contributed by atoms with Crippen LogP contribution < -0.4 is 10.1 Å². The van der Waals surface area contributed by atoms with Crippen LogP contribution in [0.5, 0.6) is 5.75 Å². The topological polar surface area (TPSA) is 81.4 Å². The molecule has 6 heteroatoms. The number of ether oxygens (including phenoxy) is 1. The Labute approximate surface area is 160 Å². The number of carbonyl (C=O) groups excluding carboxylic acids is 2. The van der Waals surface area contributed by atoms with Crippen LogP contribution in [0.2, 0.25) is 0 Å². The van der Waals surface area contributed by atoms with Crippen molar-refractivity contribution in [1.29, 1.82) is 0 Å². The number of anilines is 1. The largest absolute Gasteiger partial charge is 0.436 e. The Hall–Kier alpha value is -3.93. The van der Waals surface area contributed by atoms with Gasteiger partial charge in [0.1, 0.15) is 11.3 Å². The second-order valence-corrected chi connectivity index (χ2v) is 6.14. The fraction of sp³-hybridized carbons (Fsp3) is 0.0455.